The fourth-order valence-corrected chi connectivity index (χ4v) is 2.88. The summed E-state index contributed by atoms with van der Waals surface area (Å²) in [5.41, 5.74) is 5.84. The zero-order valence-electron chi connectivity index (χ0n) is 9.83. The number of nitrogens with zero attached hydrogens (tertiary/aromatic N) is 1. The minimum absolute atomic E-state index is 0.555. The maximum absolute atomic E-state index is 2.44. The number of benzene rings is 1. The Labute approximate surface area is 90.7 Å². The summed E-state index contributed by atoms with van der Waals surface area (Å²) >= 11 is 0. The lowest BCUT2D eigenvalue weighted by atomic mass is 9.80. The van der Waals surface area contributed by atoms with Gasteiger partial charge < -0.3 is 4.57 Å². The molecular weight excluding hydrogens is 182 g/mol. The minimum Gasteiger partial charge on any atom is -0.342 e. The summed E-state index contributed by atoms with van der Waals surface area (Å²) in [7, 11) is 0. The molecule has 0 radical (unpaired) electrons. The highest BCUT2D eigenvalue weighted by molar-refractivity contribution is 5.90. The van der Waals surface area contributed by atoms with Gasteiger partial charge in [-0.2, -0.15) is 0 Å². The summed E-state index contributed by atoms with van der Waals surface area (Å²) in [5.74, 6) is 0.667. The second-order valence-electron chi connectivity index (χ2n) is 5.01. The molecule has 0 spiro atoms. The quantitative estimate of drug-likeness (QED) is 0.654. The third kappa shape index (κ3) is 0.983. The SMILES string of the molecule is Cc1cc2c3cc(cc2n1C(C)C)[C@H]3C. The zero-order chi connectivity index (χ0) is 10.7. The second-order valence-corrected chi connectivity index (χ2v) is 5.01. The van der Waals surface area contributed by atoms with E-state index in [2.05, 4.69) is 50.5 Å². The lowest BCUT2D eigenvalue weighted by Gasteiger charge is -2.26. The van der Waals surface area contributed by atoms with E-state index in [0.29, 0.717) is 12.0 Å². The standard InChI is InChI=1S/C14H17N/c1-8(2)15-9(3)5-13-12-6-11(10(12)4)7-14(13)15/h5-8,10H,1-4H3/t10-/m1/s1. The van der Waals surface area contributed by atoms with Crippen LogP contribution in [0.25, 0.3) is 10.9 Å². The molecule has 2 aliphatic carbocycles. The van der Waals surface area contributed by atoms with Crippen molar-refractivity contribution in [3.05, 3.63) is 35.0 Å². The zero-order valence-corrected chi connectivity index (χ0v) is 9.83. The van der Waals surface area contributed by atoms with Gasteiger partial charge in [0.05, 0.1) is 0 Å². The van der Waals surface area contributed by atoms with Crippen LogP contribution in [0.5, 0.6) is 0 Å². The molecular formula is C14H17N. The Balaban J connectivity index is 2.38. The first kappa shape index (κ1) is 9.02. The Kier molecular flexibility index (Phi) is 1.60. The molecule has 1 heteroatoms. The molecule has 0 saturated heterocycles. The lowest BCUT2D eigenvalue weighted by molar-refractivity contribution is 0.607. The second kappa shape index (κ2) is 2.66. The molecule has 0 amide bonds. The van der Waals surface area contributed by atoms with Gasteiger partial charge in [-0.15, -0.1) is 0 Å². The molecule has 2 bridgehead atoms. The molecule has 2 aromatic rings. The van der Waals surface area contributed by atoms with Crippen LogP contribution in [0.15, 0.2) is 18.2 Å². The van der Waals surface area contributed by atoms with Crippen LogP contribution in [-0.2, 0) is 0 Å². The summed E-state index contributed by atoms with van der Waals surface area (Å²) in [4.78, 5) is 0. The molecule has 1 nitrogen and oxygen atoms in total. The molecule has 0 saturated carbocycles. The van der Waals surface area contributed by atoms with Gasteiger partial charge in [0.1, 0.15) is 0 Å². The summed E-state index contributed by atoms with van der Waals surface area (Å²) in [6.45, 7) is 9.01. The minimum atomic E-state index is 0.555. The molecule has 0 fully saturated rings. The van der Waals surface area contributed by atoms with Crippen LogP contribution in [-0.4, -0.2) is 4.57 Å². The van der Waals surface area contributed by atoms with Crippen LogP contribution in [0.2, 0.25) is 0 Å². The molecule has 0 aliphatic heterocycles. The third-order valence-corrected chi connectivity index (χ3v) is 3.69. The highest BCUT2D eigenvalue weighted by Gasteiger charge is 2.25. The van der Waals surface area contributed by atoms with Crippen LogP contribution >= 0.6 is 0 Å². The Morgan fingerprint density at radius 1 is 1.20 bits per heavy atom. The molecule has 2 aliphatic rings. The van der Waals surface area contributed by atoms with Crippen molar-refractivity contribution in [2.75, 3.05) is 0 Å². The molecule has 0 unspecified atom stereocenters. The van der Waals surface area contributed by atoms with Gasteiger partial charge in [-0.25, -0.2) is 0 Å². The predicted molar refractivity (Wildman–Crippen MR) is 64.6 cm³/mol. The van der Waals surface area contributed by atoms with Gasteiger partial charge >= 0.3 is 0 Å². The van der Waals surface area contributed by atoms with E-state index in [0.717, 1.165) is 0 Å². The first-order valence-electron chi connectivity index (χ1n) is 5.75. The van der Waals surface area contributed by atoms with Crippen molar-refractivity contribution < 1.29 is 0 Å². The summed E-state index contributed by atoms with van der Waals surface area (Å²) in [5, 5.41) is 1.46. The van der Waals surface area contributed by atoms with Crippen molar-refractivity contribution in [2.24, 2.45) is 0 Å². The average molecular weight is 199 g/mol. The summed E-state index contributed by atoms with van der Waals surface area (Å²) in [6, 6.07) is 7.58. The van der Waals surface area contributed by atoms with Crippen molar-refractivity contribution in [1.82, 2.24) is 4.57 Å². The lowest BCUT2D eigenvalue weighted by Crippen LogP contribution is -2.09. The van der Waals surface area contributed by atoms with E-state index in [-0.39, 0.29) is 0 Å². The average Bonchev–Trinajstić information content (AvgIpc) is 2.51. The van der Waals surface area contributed by atoms with Crippen LogP contribution in [0.3, 0.4) is 0 Å². The maximum atomic E-state index is 2.44. The summed E-state index contributed by atoms with van der Waals surface area (Å²) < 4.78 is 2.44. The van der Waals surface area contributed by atoms with Crippen molar-refractivity contribution in [3.8, 4) is 0 Å². The maximum Gasteiger partial charge on any atom is 0.0490 e. The smallest absolute Gasteiger partial charge is 0.0490 e. The molecule has 0 N–H and O–H groups in total. The molecule has 1 aromatic carbocycles. The Bertz CT molecular complexity index is 546. The number of hydrogen-bond donors (Lipinski definition) is 0. The molecule has 1 atom stereocenters. The molecule has 15 heavy (non-hydrogen) atoms. The van der Waals surface area contributed by atoms with E-state index in [9.17, 15) is 0 Å². The van der Waals surface area contributed by atoms with Gasteiger partial charge in [-0.3, -0.25) is 0 Å². The largest absolute Gasteiger partial charge is 0.342 e. The fourth-order valence-electron chi connectivity index (χ4n) is 2.88. The molecule has 4 rings (SSSR count). The van der Waals surface area contributed by atoms with E-state index >= 15 is 0 Å². The van der Waals surface area contributed by atoms with Gasteiger partial charge in [0.15, 0.2) is 0 Å². The first-order valence-corrected chi connectivity index (χ1v) is 5.75. The van der Waals surface area contributed by atoms with Crippen molar-refractivity contribution >= 4 is 10.9 Å². The van der Waals surface area contributed by atoms with Crippen molar-refractivity contribution in [2.45, 2.75) is 39.7 Å². The monoisotopic (exact) mass is 199 g/mol. The fraction of sp³-hybridized carbons (Fsp3) is 0.429. The Hall–Kier alpha value is -1.24. The third-order valence-electron chi connectivity index (χ3n) is 3.69. The van der Waals surface area contributed by atoms with Crippen molar-refractivity contribution in [3.63, 3.8) is 0 Å². The molecule has 1 heterocycles. The van der Waals surface area contributed by atoms with E-state index in [1.807, 2.05) is 0 Å². The van der Waals surface area contributed by atoms with Crippen LogP contribution in [0.1, 0.15) is 49.6 Å². The van der Waals surface area contributed by atoms with E-state index in [1.54, 1.807) is 0 Å². The Morgan fingerprint density at radius 2 is 1.93 bits per heavy atom. The highest BCUT2D eigenvalue weighted by atomic mass is 15.0. The van der Waals surface area contributed by atoms with Crippen LogP contribution < -0.4 is 0 Å². The van der Waals surface area contributed by atoms with Gasteiger partial charge in [0, 0.05) is 28.6 Å². The summed E-state index contributed by atoms with van der Waals surface area (Å²) in [6.07, 6.45) is 0. The van der Waals surface area contributed by atoms with Gasteiger partial charge in [0.25, 0.3) is 0 Å². The van der Waals surface area contributed by atoms with Crippen LogP contribution in [0, 0.1) is 6.92 Å². The number of rotatable bonds is 1. The van der Waals surface area contributed by atoms with Gasteiger partial charge in [-0.05, 0) is 44.0 Å². The van der Waals surface area contributed by atoms with E-state index < -0.39 is 0 Å². The highest BCUT2D eigenvalue weighted by Crippen LogP contribution is 2.42. The molecule has 1 aromatic heterocycles. The van der Waals surface area contributed by atoms with E-state index in [4.69, 9.17) is 0 Å². The van der Waals surface area contributed by atoms with Crippen LogP contribution in [0.4, 0.5) is 0 Å². The predicted octanol–water partition coefficient (Wildman–Crippen LogP) is 4.00. The number of aromatic nitrogens is 1. The van der Waals surface area contributed by atoms with E-state index in [1.165, 1.54) is 27.7 Å². The van der Waals surface area contributed by atoms with Gasteiger partial charge in [-0.1, -0.05) is 13.0 Å². The topological polar surface area (TPSA) is 4.93 Å². The Morgan fingerprint density at radius 3 is 2.53 bits per heavy atom. The number of hydrogen-bond acceptors (Lipinski definition) is 0. The molecule has 78 valence electrons. The normalized spacial score (nSPS) is 18.6. The van der Waals surface area contributed by atoms with Gasteiger partial charge in [0.2, 0.25) is 0 Å². The number of aryl methyl sites for hydroxylation is 1. The van der Waals surface area contributed by atoms with Crippen molar-refractivity contribution in [1.29, 1.82) is 0 Å². The first-order chi connectivity index (χ1) is 7.09.